The average Bonchev–Trinajstić information content (AvgIpc) is 2.93. The Labute approximate surface area is 148 Å². The van der Waals surface area contributed by atoms with Gasteiger partial charge in [-0.1, -0.05) is 12.1 Å². The van der Waals surface area contributed by atoms with Gasteiger partial charge in [0.1, 0.15) is 0 Å². The highest BCUT2D eigenvalue weighted by Crippen LogP contribution is 2.44. The van der Waals surface area contributed by atoms with E-state index in [1.54, 1.807) is 6.92 Å². The fraction of sp³-hybridized carbons (Fsp3) is 0.412. The van der Waals surface area contributed by atoms with Crippen molar-refractivity contribution in [2.45, 2.75) is 31.8 Å². The van der Waals surface area contributed by atoms with Gasteiger partial charge in [0.05, 0.1) is 23.0 Å². The van der Waals surface area contributed by atoms with Crippen molar-refractivity contribution in [3.05, 3.63) is 61.6 Å². The number of carbonyl (C=O) groups excluding carboxylic acids is 1. The maximum atomic E-state index is 12.6. The first kappa shape index (κ1) is 17.9. The molecule has 0 saturated heterocycles. The molecule has 0 fully saturated rings. The number of nitro benzene ring substituents is 1. The molecule has 1 aromatic heterocycles. The summed E-state index contributed by atoms with van der Waals surface area (Å²) in [5, 5.41) is 27.0. The molecule has 0 unspecified atom stereocenters. The lowest BCUT2D eigenvalue weighted by molar-refractivity contribution is -0.384. The van der Waals surface area contributed by atoms with Crippen LogP contribution in [-0.4, -0.2) is 38.4 Å². The minimum atomic E-state index is -1.46. The van der Waals surface area contributed by atoms with Crippen molar-refractivity contribution in [3.8, 4) is 0 Å². The Balaban J connectivity index is 2.18. The van der Waals surface area contributed by atoms with E-state index in [-0.39, 0.29) is 18.7 Å². The first-order valence-electron chi connectivity index (χ1n) is 8.19. The third-order valence-electron chi connectivity index (χ3n) is 4.75. The van der Waals surface area contributed by atoms with Crippen LogP contribution in [-0.2, 0) is 16.0 Å². The van der Waals surface area contributed by atoms with E-state index in [9.17, 15) is 24.8 Å². The lowest BCUT2D eigenvalue weighted by Crippen LogP contribution is -2.50. The normalized spacial score (nSPS) is 24.7. The summed E-state index contributed by atoms with van der Waals surface area (Å²) >= 11 is 0. The molecule has 0 amide bonds. The number of nitro groups is 1. The van der Waals surface area contributed by atoms with Crippen molar-refractivity contribution < 1.29 is 19.6 Å². The zero-order valence-corrected chi connectivity index (χ0v) is 14.3. The van der Waals surface area contributed by atoms with Crippen LogP contribution in [0.4, 0.5) is 5.69 Å². The molecule has 0 saturated carbocycles. The van der Waals surface area contributed by atoms with Crippen molar-refractivity contribution in [2.75, 3.05) is 6.61 Å². The molecule has 2 aromatic rings. The minimum Gasteiger partial charge on any atom is -0.466 e. The molecule has 1 aromatic carbocycles. The molecule has 138 valence electrons. The first-order chi connectivity index (χ1) is 12.3. The number of fused-ring (bicyclic) bond motifs is 1. The van der Waals surface area contributed by atoms with Gasteiger partial charge in [-0.15, -0.1) is 0 Å². The molecule has 26 heavy (non-hydrogen) atoms. The number of aromatic nitrogens is 2. The third-order valence-corrected chi connectivity index (χ3v) is 4.75. The number of esters is 1. The van der Waals surface area contributed by atoms with Crippen molar-refractivity contribution in [1.29, 1.82) is 0 Å². The lowest BCUT2D eigenvalue weighted by atomic mass is 9.66. The Morgan fingerprint density at radius 2 is 2.04 bits per heavy atom. The van der Waals surface area contributed by atoms with Crippen LogP contribution < -0.4 is 5.56 Å². The molecular weight excluding hydrogens is 342 g/mol. The van der Waals surface area contributed by atoms with Gasteiger partial charge >= 0.3 is 5.97 Å². The third kappa shape index (κ3) is 2.90. The second-order valence-electron chi connectivity index (χ2n) is 6.56. The summed E-state index contributed by atoms with van der Waals surface area (Å²) in [4.78, 5) is 35.3. The maximum Gasteiger partial charge on any atom is 0.312 e. The molecule has 9 nitrogen and oxygen atoms in total. The lowest BCUT2D eigenvalue weighted by Gasteiger charge is -2.40. The number of aromatic amines is 2. The second-order valence-corrected chi connectivity index (χ2v) is 6.56. The Kier molecular flexibility index (Phi) is 4.41. The van der Waals surface area contributed by atoms with Crippen LogP contribution in [0.5, 0.6) is 0 Å². The predicted octanol–water partition coefficient (Wildman–Crippen LogP) is 1.23. The number of benzene rings is 1. The van der Waals surface area contributed by atoms with Crippen LogP contribution >= 0.6 is 0 Å². The van der Waals surface area contributed by atoms with Crippen LogP contribution in [0.2, 0.25) is 0 Å². The standard InChI is InChI=1S/C17H19N3O6/c1-3-26-16(22)14-12(9-4-6-10(7-5-9)20(24)25)13-11(8-17(14,2)23)18-19-15(13)21/h4-7,12,14,23H,3,8H2,1-2H3,(H2,18,19,21)/t12-,14+,17+/m0/s1. The zero-order chi connectivity index (χ0) is 19.1. The summed E-state index contributed by atoms with van der Waals surface area (Å²) in [6.07, 6.45) is 0.0774. The Morgan fingerprint density at radius 3 is 2.62 bits per heavy atom. The molecule has 9 heteroatoms. The van der Waals surface area contributed by atoms with Crippen LogP contribution in [0.1, 0.15) is 36.6 Å². The Hall–Kier alpha value is -2.94. The molecule has 0 spiro atoms. The van der Waals surface area contributed by atoms with Gasteiger partial charge in [-0.05, 0) is 19.4 Å². The zero-order valence-electron chi connectivity index (χ0n) is 14.3. The number of nitrogens with one attached hydrogen (secondary N) is 2. The van der Waals surface area contributed by atoms with E-state index in [0.717, 1.165) is 0 Å². The van der Waals surface area contributed by atoms with E-state index in [1.807, 2.05) is 0 Å². The van der Waals surface area contributed by atoms with Crippen LogP contribution in [0.15, 0.2) is 29.1 Å². The average molecular weight is 361 g/mol. The molecule has 3 atom stereocenters. The minimum absolute atomic E-state index is 0.0774. The van der Waals surface area contributed by atoms with Gasteiger partial charge in [0.2, 0.25) is 0 Å². The number of aliphatic hydroxyl groups is 1. The highest BCUT2D eigenvalue weighted by Gasteiger charge is 2.51. The fourth-order valence-electron chi connectivity index (χ4n) is 3.65. The predicted molar refractivity (Wildman–Crippen MR) is 90.8 cm³/mol. The Bertz CT molecular complexity index is 896. The van der Waals surface area contributed by atoms with Gasteiger partial charge in [0, 0.05) is 35.7 Å². The number of nitrogens with zero attached hydrogens (tertiary/aromatic N) is 1. The molecular formula is C17H19N3O6. The molecule has 0 radical (unpaired) electrons. The SMILES string of the molecule is CCOC(=O)[C@H]1[C@@H](c2ccc([N+](=O)[O-])cc2)c2c([nH][nH]c2=O)C[C@@]1(C)O. The summed E-state index contributed by atoms with van der Waals surface area (Å²) in [5.41, 5.74) is -0.607. The number of hydrogen-bond acceptors (Lipinski definition) is 6. The van der Waals surface area contributed by atoms with Crippen LogP contribution in [0.25, 0.3) is 0 Å². The summed E-state index contributed by atoms with van der Waals surface area (Å²) in [6, 6.07) is 5.60. The summed E-state index contributed by atoms with van der Waals surface area (Å²) in [7, 11) is 0. The molecule has 3 rings (SSSR count). The smallest absolute Gasteiger partial charge is 0.312 e. The monoisotopic (exact) mass is 361 g/mol. The molecule has 1 heterocycles. The number of non-ortho nitro benzene ring substituents is 1. The van der Waals surface area contributed by atoms with E-state index in [1.165, 1.54) is 31.2 Å². The molecule has 1 aliphatic rings. The van der Waals surface area contributed by atoms with E-state index in [0.29, 0.717) is 16.8 Å². The molecule has 0 bridgehead atoms. The molecule has 0 aliphatic heterocycles. The van der Waals surface area contributed by atoms with Crippen LogP contribution in [0, 0.1) is 16.0 Å². The summed E-state index contributed by atoms with van der Waals surface area (Å²) in [6.45, 7) is 3.31. The van der Waals surface area contributed by atoms with Gasteiger partial charge in [-0.3, -0.25) is 24.8 Å². The fourth-order valence-corrected chi connectivity index (χ4v) is 3.65. The first-order valence-corrected chi connectivity index (χ1v) is 8.19. The number of H-pyrrole nitrogens is 2. The molecule has 3 N–H and O–H groups in total. The van der Waals surface area contributed by atoms with Crippen molar-refractivity contribution >= 4 is 11.7 Å². The van der Waals surface area contributed by atoms with Crippen LogP contribution in [0.3, 0.4) is 0 Å². The number of rotatable bonds is 4. The quantitative estimate of drug-likeness (QED) is 0.425. The van der Waals surface area contributed by atoms with Gasteiger partial charge < -0.3 is 14.9 Å². The van der Waals surface area contributed by atoms with Gasteiger partial charge in [-0.25, -0.2) is 0 Å². The number of ether oxygens (including phenoxy) is 1. The van der Waals surface area contributed by atoms with Gasteiger partial charge in [0.15, 0.2) is 0 Å². The topological polar surface area (TPSA) is 138 Å². The highest BCUT2D eigenvalue weighted by atomic mass is 16.6. The maximum absolute atomic E-state index is 12.6. The van der Waals surface area contributed by atoms with E-state index in [4.69, 9.17) is 4.74 Å². The van der Waals surface area contributed by atoms with E-state index < -0.39 is 33.9 Å². The Morgan fingerprint density at radius 1 is 1.38 bits per heavy atom. The summed E-state index contributed by atoms with van der Waals surface area (Å²) < 4.78 is 5.13. The number of carbonyl (C=O) groups is 1. The number of hydrogen-bond donors (Lipinski definition) is 3. The van der Waals surface area contributed by atoms with Crippen molar-refractivity contribution in [1.82, 2.24) is 10.2 Å². The summed E-state index contributed by atoms with van der Waals surface area (Å²) in [5.74, 6) is -2.43. The highest BCUT2D eigenvalue weighted by molar-refractivity contribution is 5.77. The van der Waals surface area contributed by atoms with Gasteiger partial charge in [-0.2, -0.15) is 0 Å². The van der Waals surface area contributed by atoms with E-state index >= 15 is 0 Å². The largest absolute Gasteiger partial charge is 0.466 e. The van der Waals surface area contributed by atoms with Crippen molar-refractivity contribution in [2.24, 2.45) is 5.92 Å². The van der Waals surface area contributed by atoms with Crippen molar-refractivity contribution in [3.63, 3.8) is 0 Å². The van der Waals surface area contributed by atoms with E-state index in [2.05, 4.69) is 10.2 Å². The second kappa shape index (κ2) is 6.41. The molecule has 1 aliphatic carbocycles. The van der Waals surface area contributed by atoms with Gasteiger partial charge in [0.25, 0.3) is 11.2 Å².